The maximum atomic E-state index is 12.6. The van der Waals surface area contributed by atoms with Gasteiger partial charge in [-0.3, -0.25) is 4.79 Å². The summed E-state index contributed by atoms with van der Waals surface area (Å²) >= 11 is 0. The molecule has 1 aromatic rings. The summed E-state index contributed by atoms with van der Waals surface area (Å²) < 4.78 is 5.41. The molecular weight excluding hydrogens is 322 g/mol. The second-order valence-electron chi connectivity index (χ2n) is 8.18. The summed E-state index contributed by atoms with van der Waals surface area (Å²) in [4.78, 5) is 12.6. The summed E-state index contributed by atoms with van der Waals surface area (Å²) in [5, 5.41) is 2.88. The average Bonchev–Trinajstić information content (AvgIpc) is 3.02. The molecule has 1 fully saturated rings. The first kappa shape index (κ1) is 17.2. The van der Waals surface area contributed by atoms with Gasteiger partial charge in [0, 0.05) is 11.0 Å². The van der Waals surface area contributed by atoms with Crippen molar-refractivity contribution in [1.29, 1.82) is 0 Å². The molecule has 0 aromatic heterocycles. The van der Waals surface area contributed by atoms with Crippen molar-refractivity contribution in [3.05, 3.63) is 41.0 Å². The van der Waals surface area contributed by atoms with Crippen LogP contribution in [0.4, 0.5) is 0 Å². The second-order valence-corrected chi connectivity index (χ2v) is 8.18. The minimum atomic E-state index is -0.0101. The van der Waals surface area contributed by atoms with Gasteiger partial charge in [-0.2, -0.15) is 0 Å². The van der Waals surface area contributed by atoms with Gasteiger partial charge >= 0.3 is 0 Å². The summed E-state index contributed by atoms with van der Waals surface area (Å²) in [6.45, 7) is 2.60. The van der Waals surface area contributed by atoms with Gasteiger partial charge in [-0.25, -0.2) is 0 Å². The molecule has 1 aromatic carbocycles. The molecule has 0 bridgehead atoms. The minimum Gasteiger partial charge on any atom is -0.497 e. The molecule has 26 heavy (non-hydrogen) atoms. The number of hydrogen-bond donors (Lipinski definition) is 1. The van der Waals surface area contributed by atoms with Crippen LogP contribution in [0.25, 0.3) is 0 Å². The van der Waals surface area contributed by atoms with E-state index < -0.39 is 0 Å². The Labute approximate surface area is 156 Å². The number of hydrogen-bond acceptors (Lipinski definition) is 2. The van der Waals surface area contributed by atoms with Gasteiger partial charge in [0.1, 0.15) is 5.75 Å². The summed E-state index contributed by atoms with van der Waals surface area (Å²) in [5.74, 6) is 5.32. The van der Waals surface area contributed by atoms with Gasteiger partial charge in [-0.15, -0.1) is 6.42 Å². The fourth-order valence-corrected chi connectivity index (χ4v) is 5.83. The lowest BCUT2D eigenvalue weighted by Crippen LogP contribution is -2.43. The molecule has 0 saturated heterocycles. The van der Waals surface area contributed by atoms with Crippen molar-refractivity contribution < 1.29 is 9.53 Å². The Bertz CT molecular complexity index is 803. The molecule has 0 spiro atoms. The quantitative estimate of drug-likeness (QED) is 0.842. The predicted molar refractivity (Wildman–Crippen MR) is 103 cm³/mol. The van der Waals surface area contributed by atoms with E-state index in [2.05, 4.69) is 42.4 Å². The lowest BCUT2D eigenvalue weighted by Gasteiger charge is -2.50. The van der Waals surface area contributed by atoms with Gasteiger partial charge in [-0.05, 0) is 73.1 Å². The molecule has 3 aliphatic rings. The van der Waals surface area contributed by atoms with Crippen molar-refractivity contribution in [2.45, 2.75) is 44.9 Å². The van der Waals surface area contributed by atoms with E-state index in [0.717, 1.165) is 37.0 Å². The third-order valence-corrected chi connectivity index (χ3v) is 7.11. The van der Waals surface area contributed by atoms with Crippen LogP contribution in [-0.2, 0) is 11.2 Å². The topological polar surface area (TPSA) is 38.3 Å². The zero-order valence-corrected chi connectivity index (χ0v) is 15.7. The predicted octanol–water partition coefficient (Wildman–Crippen LogP) is 3.84. The molecule has 0 aliphatic heterocycles. The number of rotatable bonds is 3. The van der Waals surface area contributed by atoms with E-state index in [1.165, 1.54) is 17.5 Å². The lowest BCUT2D eigenvalue weighted by molar-refractivity contribution is -0.119. The highest BCUT2D eigenvalue weighted by Crippen LogP contribution is 2.61. The maximum Gasteiger partial charge on any atom is 0.248 e. The highest BCUT2D eigenvalue weighted by Gasteiger charge is 2.53. The molecule has 4 atom stereocenters. The molecule has 1 N–H and O–H groups in total. The molecule has 1 saturated carbocycles. The number of amides is 1. The Morgan fingerprint density at radius 1 is 1.42 bits per heavy atom. The monoisotopic (exact) mass is 349 g/mol. The summed E-state index contributed by atoms with van der Waals surface area (Å²) in [5.41, 5.74) is 3.92. The SMILES string of the molecule is C#CCNC(=O)C1=CC[C@H]2[C@@H]3CCc4cc(OC)ccc4[C@H]3CC[C@]12C. The first-order valence-corrected chi connectivity index (χ1v) is 9.67. The minimum absolute atomic E-state index is 0.0101. The zero-order valence-electron chi connectivity index (χ0n) is 15.7. The van der Waals surface area contributed by atoms with Gasteiger partial charge in [-0.1, -0.05) is 25.0 Å². The molecule has 3 heteroatoms. The van der Waals surface area contributed by atoms with Crippen molar-refractivity contribution in [3.8, 4) is 18.1 Å². The van der Waals surface area contributed by atoms with Crippen LogP contribution in [0.15, 0.2) is 29.8 Å². The molecule has 4 rings (SSSR count). The van der Waals surface area contributed by atoms with Crippen molar-refractivity contribution in [2.75, 3.05) is 13.7 Å². The van der Waals surface area contributed by atoms with Gasteiger partial charge < -0.3 is 10.1 Å². The molecule has 136 valence electrons. The van der Waals surface area contributed by atoms with Gasteiger partial charge in [0.15, 0.2) is 0 Å². The summed E-state index contributed by atoms with van der Waals surface area (Å²) in [7, 11) is 1.73. The highest BCUT2D eigenvalue weighted by molar-refractivity contribution is 5.95. The smallest absolute Gasteiger partial charge is 0.248 e. The second kappa shape index (κ2) is 6.50. The first-order valence-electron chi connectivity index (χ1n) is 9.67. The number of nitrogens with one attached hydrogen (secondary N) is 1. The number of fused-ring (bicyclic) bond motifs is 5. The molecular formula is C23H27NO2. The van der Waals surface area contributed by atoms with Crippen molar-refractivity contribution in [2.24, 2.45) is 17.3 Å². The lowest BCUT2D eigenvalue weighted by atomic mass is 9.54. The number of benzene rings is 1. The molecule has 3 aliphatic carbocycles. The normalized spacial score (nSPS) is 31.7. The van der Waals surface area contributed by atoms with Crippen LogP contribution in [0.5, 0.6) is 5.75 Å². The van der Waals surface area contributed by atoms with Crippen LogP contribution in [0, 0.1) is 29.6 Å². The van der Waals surface area contributed by atoms with Crippen LogP contribution in [0.2, 0.25) is 0 Å². The number of allylic oxidation sites excluding steroid dienone is 1. The molecule has 1 amide bonds. The van der Waals surface area contributed by atoms with Crippen LogP contribution >= 0.6 is 0 Å². The van der Waals surface area contributed by atoms with E-state index in [-0.39, 0.29) is 11.3 Å². The van der Waals surface area contributed by atoms with Gasteiger partial charge in [0.05, 0.1) is 13.7 Å². The summed E-state index contributed by atoms with van der Waals surface area (Å²) in [6, 6.07) is 6.59. The molecule has 0 unspecified atom stereocenters. The Hall–Kier alpha value is -2.21. The van der Waals surface area contributed by atoms with Gasteiger partial charge in [0.2, 0.25) is 5.91 Å². The third-order valence-electron chi connectivity index (χ3n) is 7.11. The van der Waals surface area contributed by atoms with Crippen molar-refractivity contribution >= 4 is 5.91 Å². The number of carbonyl (C=O) groups excluding carboxylic acids is 1. The fraction of sp³-hybridized carbons (Fsp3) is 0.522. The molecule has 0 heterocycles. The third kappa shape index (κ3) is 2.55. The Balaban J connectivity index is 1.59. The number of methoxy groups -OCH3 is 1. The molecule has 0 radical (unpaired) electrons. The average molecular weight is 349 g/mol. The Morgan fingerprint density at radius 3 is 3.04 bits per heavy atom. The largest absolute Gasteiger partial charge is 0.497 e. The van der Waals surface area contributed by atoms with Crippen molar-refractivity contribution in [1.82, 2.24) is 5.32 Å². The van der Waals surface area contributed by atoms with E-state index in [4.69, 9.17) is 11.2 Å². The van der Waals surface area contributed by atoms with E-state index in [1.54, 1.807) is 7.11 Å². The van der Waals surface area contributed by atoms with E-state index in [0.29, 0.717) is 24.3 Å². The number of aryl methyl sites for hydroxylation is 1. The first-order chi connectivity index (χ1) is 12.6. The van der Waals surface area contributed by atoms with Crippen LogP contribution in [-0.4, -0.2) is 19.6 Å². The fourth-order valence-electron chi connectivity index (χ4n) is 5.83. The van der Waals surface area contributed by atoms with E-state index in [9.17, 15) is 4.79 Å². The number of carbonyl (C=O) groups is 1. The molecule has 3 nitrogen and oxygen atoms in total. The van der Waals surface area contributed by atoms with Crippen LogP contribution in [0.3, 0.4) is 0 Å². The number of terminal acetylenes is 1. The standard InChI is InChI=1S/C23H27NO2/c1-4-13-24-22(25)21-10-9-20-19-7-5-15-14-16(26-3)6-8-17(15)18(19)11-12-23(20,21)2/h1,6,8,10,14,18-20H,5,7,9,11-13H2,2-3H3,(H,24,25)/t18-,19-,20+,23+/m1/s1. The number of ether oxygens (including phenoxy) is 1. The zero-order chi connectivity index (χ0) is 18.3. The maximum absolute atomic E-state index is 12.6. The van der Waals surface area contributed by atoms with Gasteiger partial charge in [0.25, 0.3) is 0 Å². The van der Waals surface area contributed by atoms with E-state index in [1.807, 2.05) is 0 Å². The van der Waals surface area contributed by atoms with Crippen molar-refractivity contribution in [3.63, 3.8) is 0 Å². The Morgan fingerprint density at radius 2 is 2.27 bits per heavy atom. The van der Waals surface area contributed by atoms with Crippen LogP contribution in [0.1, 0.15) is 49.7 Å². The Kier molecular flexibility index (Phi) is 4.31. The van der Waals surface area contributed by atoms with Crippen LogP contribution < -0.4 is 10.1 Å². The highest BCUT2D eigenvalue weighted by atomic mass is 16.5. The van der Waals surface area contributed by atoms with E-state index >= 15 is 0 Å². The summed E-state index contributed by atoms with van der Waals surface area (Å²) in [6.07, 6.45) is 13.0.